The third kappa shape index (κ3) is 5.82. The number of allylic oxidation sites excluding steroid dienone is 3. The summed E-state index contributed by atoms with van der Waals surface area (Å²) >= 11 is 8.50. The quantitative estimate of drug-likeness (QED) is 0.222. The highest BCUT2D eigenvalue weighted by Crippen LogP contribution is 2.50. The minimum Gasteiger partial charge on any atom is -0.384 e. The molecule has 0 radical (unpaired) electrons. The molecule has 5 rings (SSSR count). The minimum atomic E-state index is -0.546. The third-order valence-electron chi connectivity index (χ3n) is 7.40. The summed E-state index contributed by atoms with van der Waals surface area (Å²) < 4.78 is 0.587. The number of benzene rings is 2. The van der Waals surface area contributed by atoms with Crippen LogP contribution in [-0.2, 0) is 4.79 Å². The molecule has 2 N–H and O–H groups in total. The predicted octanol–water partition coefficient (Wildman–Crippen LogP) is 7.23. The van der Waals surface area contributed by atoms with E-state index < -0.39 is 5.92 Å². The van der Waals surface area contributed by atoms with Gasteiger partial charge in [-0.25, -0.2) is 0 Å². The van der Waals surface area contributed by atoms with Crippen molar-refractivity contribution in [3.05, 3.63) is 92.9 Å². The molecule has 0 saturated heterocycles. The Hall–Kier alpha value is -3.45. The van der Waals surface area contributed by atoms with E-state index >= 15 is 0 Å². The number of hydrogen-bond acceptors (Lipinski definition) is 9. The molecule has 2 aliphatic rings. The van der Waals surface area contributed by atoms with Crippen molar-refractivity contribution in [3.8, 4) is 6.07 Å². The number of rotatable bonds is 7. The molecule has 2 heterocycles. The van der Waals surface area contributed by atoms with Crippen molar-refractivity contribution in [1.82, 2.24) is 10.2 Å². The van der Waals surface area contributed by atoms with E-state index in [4.69, 9.17) is 17.3 Å². The molecule has 0 saturated carbocycles. The van der Waals surface area contributed by atoms with Crippen molar-refractivity contribution >= 4 is 51.4 Å². The van der Waals surface area contributed by atoms with Gasteiger partial charge in [-0.15, -0.1) is 10.2 Å². The fourth-order valence-corrected chi connectivity index (χ4v) is 7.23. The average molecular weight is 604 g/mol. The molecule has 1 aliphatic carbocycles. The minimum absolute atomic E-state index is 0.00658. The SMILES string of the molecule is CC(C)c1ccc(C2C(C#N)=C(N)N(c3nnc(SCC(=O)c4ccc(Cl)cc4)s3)C3=C2C(=O)CC(C)(C)C3)cc1. The third-order valence-corrected chi connectivity index (χ3v) is 9.69. The van der Waals surface area contributed by atoms with Gasteiger partial charge in [0.1, 0.15) is 5.82 Å². The molecule has 1 unspecified atom stereocenters. The van der Waals surface area contributed by atoms with Gasteiger partial charge in [-0.2, -0.15) is 5.26 Å². The predicted molar refractivity (Wildman–Crippen MR) is 164 cm³/mol. The molecule has 0 spiro atoms. The van der Waals surface area contributed by atoms with Crippen LogP contribution in [0, 0.1) is 16.7 Å². The fourth-order valence-electron chi connectivity index (χ4n) is 5.33. The Morgan fingerprint density at radius 2 is 1.85 bits per heavy atom. The lowest BCUT2D eigenvalue weighted by Crippen LogP contribution is -2.42. The van der Waals surface area contributed by atoms with E-state index in [9.17, 15) is 14.9 Å². The van der Waals surface area contributed by atoms with Crippen LogP contribution in [-0.4, -0.2) is 27.5 Å². The molecule has 1 atom stereocenters. The molecule has 7 nitrogen and oxygen atoms in total. The van der Waals surface area contributed by atoms with Gasteiger partial charge in [0.25, 0.3) is 0 Å². The zero-order valence-corrected chi connectivity index (χ0v) is 25.7. The van der Waals surface area contributed by atoms with Crippen LogP contribution in [0.3, 0.4) is 0 Å². The smallest absolute Gasteiger partial charge is 0.219 e. The second-order valence-corrected chi connectivity index (χ2v) is 14.0. The molecule has 10 heteroatoms. The molecular formula is C31H30ClN5O2S2. The molecule has 1 aliphatic heterocycles. The molecule has 0 fully saturated rings. The Morgan fingerprint density at radius 1 is 1.17 bits per heavy atom. The van der Waals surface area contributed by atoms with Gasteiger partial charge < -0.3 is 5.73 Å². The molecule has 0 amide bonds. The van der Waals surface area contributed by atoms with Gasteiger partial charge in [0.05, 0.1) is 23.3 Å². The summed E-state index contributed by atoms with van der Waals surface area (Å²) in [4.78, 5) is 28.1. The Bertz CT molecular complexity index is 1620. The number of Topliss-reactive ketones (excluding diaryl/α,β-unsaturated/α-hetero) is 2. The molecule has 210 valence electrons. The van der Waals surface area contributed by atoms with Crippen LogP contribution >= 0.6 is 34.7 Å². The van der Waals surface area contributed by atoms with Crippen molar-refractivity contribution in [2.45, 2.75) is 56.7 Å². The summed E-state index contributed by atoms with van der Waals surface area (Å²) in [6.45, 7) is 8.37. The van der Waals surface area contributed by atoms with Gasteiger partial charge in [-0.05, 0) is 53.1 Å². The molecular weight excluding hydrogens is 574 g/mol. The van der Waals surface area contributed by atoms with E-state index in [1.807, 2.05) is 12.1 Å². The van der Waals surface area contributed by atoms with E-state index in [1.54, 1.807) is 29.2 Å². The van der Waals surface area contributed by atoms with E-state index in [0.717, 1.165) is 11.3 Å². The maximum absolute atomic E-state index is 13.7. The molecule has 2 aromatic carbocycles. The number of nitrogens with two attached hydrogens (primary N) is 1. The van der Waals surface area contributed by atoms with Crippen LogP contribution in [0.4, 0.5) is 5.13 Å². The van der Waals surface area contributed by atoms with Gasteiger partial charge in [0.15, 0.2) is 15.9 Å². The maximum atomic E-state index is 13.7. The van der Waals surface area contributed by atoms with Crippen LogP contribution in [0.15, 0.2) is 75.5 Å². The van der Waals surface area contributed by atoms with Crippen molar-refractivity contribution in [1.29, 1.82) is 5.26 Å². The number of thioether (sulfide) groups is 1. The standard InChI is InChI=1S/C31H30ClN5O2S2/c1-17(2)18-5-7-20(8-6-18)26-22(15-33)28(34)37(23-13-31(3,4)14-24(38)27(23)26)29-35-36-30(41-29)40-16-25(39)19-9-11-21(32)12-10-19/h5-12,17,26H,13-14,16,34H2,1-4H3. The Morgan fingerprint density at radius 3 is 2.49 bits per heavy atom. The van der Waals surface area contributed by atoms with Crippen molar-refractivity contribution in [2.75, 3.05) is 10.7 Å². The summed E-state index contributed by atoms with van der Waals surface area (Å²) in [5, 5.41) is 20.0. The lowest BCUT2D eigenvalue weighted by molar-refractivity contribution is -0.118. The van der Waals surface area contributed by atoms with Crippen LogP contribution in [0.5, 0.6) is 0 Å². The van der Waals surface area contributed by atoms with Gasteiger partial charge in [-0.1, -0.05) is 86.7 Å². The number of aromatic nitrogens is 2. The average Bonchev–Trinajstić information content (AvgIpc) is 3.39. The first-order valence-corrected chi connectivity index (χ1v) is 15.5. The maximum Gasteiger partial charge on any atom is 0.219 e. The summed E-state index contributed by atoms with van der Waals surface area (Å²) in [5.41, 5.74) is 10.7. The van der Waals surface area contributed by atoms with Gasteiger partial charge in [0, 0.05) is 28.3 Å². The van der Waals surface area contributed by atoms with Crippen molar-refractivity contribution in [2.24, 2.45) is 11.1 Å². The highest BCUT2D eigenvalue weighted by Gasteiger charge is 2.45. The lowest BCUT2D eigenvalue weighted by atomic mass is 9.68. The number of nitriles is 1. The van der Waals surface area contributed by atoms with Crippen molar-refractivity contribution in [3.63, 3.8) is 0 Å². The van der Waals surface area contributed by atoms with Crippen molar-refractivity contribution < 1.29 is 9.59 Å². The Kier molecular flexibility index (Phi) is 8.11. The first-order valence-electron chi connectivity index (χ1n) is 13.3. The second kappa shape index (κ2) is 11.4. The number of carbonyl (C=O) groups excluding carboxylic acids is 2. The second-order valence-electron chi connectivity index (χ2n) is 11.4. The largest absolute Gasteiger partial charge is 0.384 e. The van der Waals surface area contributed by atoms with E-state index in [1.165, 1.54) is 28.7 Å². The monoisotopic (exact) mass is 603 g/mol. The zero-order valence-electron chi connectivity index (χ0n) is 23.3. The first-order chi connectivity index (χ1) is 19.5. The van der Waals surface area contributed by atoms with Crippen LogP contribution < -0.4 is 10.6 Å². The number of hydrogen-bond donors (Lipinski definition) is 1. The molecule has 0 bridgehead atoms. The van der Waals surface area contributed by atoms with E-state index in [0.29, 0.717) is 50.0 Å². The number of nitrogens with zero attached hydrogens (tertiary/aromatic N) is 4. The fraction of sp³-hybridized carbons (Fsp3) is 0.323. The molecule has 41 heavy (non-hydrogen) atoms. The summed E-state index contributed by atoms with van der Waals surface area (Å²) in [5.74, 6) is 0.198. The highest BCUT2D eigenvalue weighted by atomic mass is 35.5. The van der Waals surface area contributed by atoms with Crippen LogP contribution in [0.25, 0.3) is 0 Å². The summed E-state index contributed by atoms with van der Waals surface area (Å²) in [6, 6.07) is 17.2. The normalized spacial score (nSPS) is 18.5. The van der Waals surface area contributed by atoms with Gasteiger partial charge in [0.2, 0.25) is 5.13 Å². The van der Waals surface area contributed by atoms with Crippen LogP contribution in [0.2, 0.25) is 5.02 Å². The Balaban J connectivity index is 1.51. The number of ketones is 2. The highest BCUT2D eigenvalue weighted by molar-refractivity contribution is 8.01. The summed E-state index contributed by atoms with van der Waals surface area (Å²) in [7, 11) is 0. The van der Waals surface area contributed by atoms with Gasteiger partial charge in [-0.3, -0.25) is 14.5 Å². The van der Waals surface area contributed by atoms with E-state index in [2.05, 4.69) is 56.1 Å². The van der Waals surface area contributed by atoms with E-state index in [-0.39, 0.29) is 28.6 Å². The number of anilines is 1. The summed E-state index contributed by atoms with van der Waals surface area (Å²) in [6.07, 6.45) is 0.966. The lowest BCUT2D eigenvalue weighted by Gasteiger charge is -2.42. The molecule has 1 aromatic heterocycles. The van der Waals surface area contributed by atoms with Gasteiger partial charge >= 0.3 is 0 Å². The zero-order chi connectivity index (χ0) is 29.5. The number of carbonyl (C=O) groups is 2. The first kappa shape index (κ1) is 29.1. The Labute approximate surface area is 253 Å². The topological polar surface area (TPSA) is 113 Å². The van der Waals surface area contributed by atoms with Crippen LogP contribution in [0.1, 0.15) is 73.9 Å². The molecule has 3 aromatic rings. The number of halogens is 1.